The van der Waals surface area contributed by atoms with Crippen LogP contribution in [0, 0.1) is 24.7 Å². The van der Waals surface area contributed by atoms with Gasteiger partial charge in [0.05, 0.1) is 0 Å². The van der Waals surface area contributed by atoms with E-state index in [-0.39, 0.29) is 24.3 Å². The van der Waals surface area contributed by atoms with Gasteiger partial charge in [0.1, 0.15) is 0 Å². The van der Waals surface area contributed by atoms with E-state index in [9.17, 15) is 4.79 Å². The van der Waals surface area contributed by atoms with Crippen LogP contribution in [0.1, 0.15) is 5.56 Å². The lowest BCUT2D eigenvalue weighted by Crippen LogP contribution is -2.30. The van der Waals surface area contributed by atoms with E-state index in [1.807, 2.05) is 36.1 Å². The zero-order valence-corrected chi connectivity index (χ0v) is 9.26. The smallest absolute Gasteiger partial charge is 0.230 e. The van der Waals surface area contributed by atoms with Crippen molar-refractivity contribution in [3.05, 3.63) is 29.8 Å². The SMILES string of the molecule is Cc1ccccc1N1CC2C(CO)C2C1=O. The van der Waals surface area contributed by atoms with Gasteiger partial charge in [-0.25, -0.2) is 0 Å². The van der Waals surface area contributed by atoms with Crippen LogP contribution in [0.4, 0.5) is 5.69 Å². The molecule has 16 heavy (non-hydrogen) atoms. The Morgan fingerprint density at radius 1 is 1.44 bits per heavy atom. The predicted octanol–water partition coefficient (Wildman–Crippen LogP) is 1.20. The minimum Gasteiger partial charge on any atom is -0.396 e. The summed E-state index contributed by atoms with van der Waals surface area (Å²) in [5.74, 6) is 0.896. The summed E-state index contributed by atoms with van der Waals surface area (Å²) >= 11 is 0. The van der Waals surface area contributed by atoms with Gasteiger partial charge in [-0.1, -0.05) is 18.2 Å². The van der Waals surface area contributed by atoms with Gasteiger partial charge >= 0.3 is 0 Å². The molecule has 3 rings (SSSR count). The van der Waals surface area contributed by atoms with E-state index in [2.05, 4.69) is 0 Å². The molecule has 84 valence electrons. The van der Waals surface area contributed by atoms with Crippen LogP contribution >= 0.6 is 0 Å². The Balaban J connectivity index is 1.85. The maximum atomic E-state index is 12.1. The number of hydrogen-bond donors (Lipinski definition) is 1. The van der Waals surface area contributed by atoms with Crippen LogP contribution in [-0.4, -0.2) is 24.2 Å². The molecular formula is C13H15NO2. The number of aliphatic hydroxyl groups excluding tert-OH is 1. The van der Waals surface area contributed by atoms with Gasteiger partial charge in [-0.3, -0.25) is 4.79 Å². The summed E-state index contributed by atoms with van der Waals surface area (Å²) < 4.78 is 0. The summed E-state index contributed by atoms with van der Waals surface area (Å²) in [5, 5.41) is 9.07. The van der Waals surface area contributed by atoms with Gasteiger partial charge in [0.15, 0.2) is 0 Å². The van der Waals surface area contributed by atoms with Crippen molar-refractivity contribution in [3.8, 4) is 0 Å². The third-order valence-corrected chi connectivity index (χ3v) is 3.89. The molecule has 1 saturated heterocycles. The first kappa shape index (κ1) is 9.85. The fourth-order valence-corrected chi connectivity index (χ4v) is 2.87. The first-order chi connectivity index (χ1) is 7.74. The number of anilines is 1. The van der Waals surface area contributed by atoms with Gasteiger partial charge in [0.25, 0.3) is 0 Å². The molecule has 0 spiro atoms. The normalized spacial score (nSPS) is 31.8. The Hall–Kier alpha value is -1.35. The number of rotatable bonds is 2. The minimum atomic E-state index is 0.0876. The summed E-state index contributed by atoms with van der Waals surface area (Å²) in [6, 6.07) is 7.96. The van der Waals surface area contributed by atoms with E-state index in [4.69, 9.17) is 5.11 Å². The van der Waals surface area contributed by atoms with Crippen LogP contribution in [0.3, 0.4) is 0 Å². The standard InChI is InChI=1S/C13H15NO2/c1-8-4-2-3-5-11(8)14-6-9-10(7-15)12(9)13(14)16/h2-5,9-10,12,15H,6-7H2,1H3. The second-order valence-corrected chi connectivity index (χ2v) is 4.77. The number of fused-ring (bicyclic) bond motifs is 1. The van der Waals surface area contributed by atoms with Crippen molar-refractivity contribution in [2.75, 3.05) is 18.1 Å². The van der Waals surface area contributed by atoms with Crippen LogP contribution in [-0.2, 0) is 4.79 Å². The molecule has 1 N–H and O–H groups in total. The van der Waals surface area contributed by atoms with Crippen molar-refractivity contribution >= 4 is 11.6 Å². The van der Waals surface area contributed by atoms with Crippen molar-refractivity contribution in [2.45, 2.75) is 6.92 Å². The molecule has 2 fully saturated rings. The molecule has 1 saturated carbocycles. The zero-order chi connectivity index (χ0) is 11.3. The topological polar surface area (TPSA) is 40.5 Å². The molecule has 1 aromatic rings. The summed E-state index contributed by atoms with van der Waals surface area (Å²) in [4.78, 5) is 14.0. The third kappa shape index (κ3) is 1.21. The highest BCUT2D eigenvalue weighted by atomic mass is 16.3. The number of piperidine rings is 1. The fourth-order valence-electron chi connectivity index (χ4n) is 2.87. The minimum absolute atomic E-state index is 0.0876. The number of aliphatic hydroxyl groups is 1. The Kier molecular flexibility index (Phi) is 2.04. The highest BCUT2D eigenvalue weighted by Gasteiger charge is 2.61. The van der Waals surface area contributed by atoms with Crippen LogP contribution < -0.4 is 4.90 Å². The van der Waals surface area contributed by atoms with Gasteiger partial charge in [-0.05, 0) is 30.4 Å². The van der Waals surface area contributed by atoms with Gasteiger partial charge in [0.2, 0.25) is 5.91 Å². The molecule has 1 aromatic carbocycles. The molecule has 3 nitrogen and oxygen atoms in total. The Labute approximate surface area is 94.7 Å². The number of carbonyl (C=O) groups excluding carboxylic acids is 1. The highest BCUT2D eigenvalue weighted by Crippen LogP contribution is 2.53. The fraction of sp³-hybridized carbons (Fsp3) is 0.462. The van der Waals surface area contributed by atoms with Crippen LogP contribution in [0.5, 0.6) is 0 Å². The van der Waals surface area contributed by atoms with E-state index >= 15 is 0 Å². The molecule has 3 unspecified atom stereocenters. The maximum absolute atomic E-state index is 12.1. The molecule has 3 atom stereocenters. The van der Waals surface area contributed by atoms with E-state index in [1.165, 1.54) is 0 Å². The third-order valence-electron chi connectivity index (χ3n) is 3.89. The van der Waals surface area contributed by atoms with E-state index in [1.54, 1.807) is 0 Å². The number of carbonyl (C=O) groups is 1. The first-order valence-corrected chi connectivity index (χ1v) is 5.72. The first-order valence-electron chi connectivity index (χ1n) is 5.72. The number of amides is 1. The molecule has 1 heterocycles. The number of nitrogens with zero attached hydrogens (tertiary/aromatic N) is 1. The van der Waals surface area contributed by atoms with E-state index < -0.39 is 0 Å². The average Bonchev–Trinajstić information content (AvgIpc) is 2.89. The molecule has 1 aliphatic carbocycles. The Bertz CT molecular complexity index is 443. The molecule has 1 aliphatic heterocycles. The van der Waals surface area contributed by atoms with E-state index in [0.717, 1.165) is 17.8 Å². The van der Waals surface area contributed by atoms with Crippen molar-refractivity contribution < 1.29 is 9.90 Å². The predicted molar refractivity (Wildman–Crippen MR) is 61.1 cm³/mol. The molecule has 1 amide bonds. The Morgan fingerprint density at radius 3 is 2.75 bits per heavy atom. The van der Waals surface area contributed by atoms with E-state index in [0.29, 0.717) is 5.92 Å². The summed E-state index contributed by atoms with van der Waals surface area (Å²) in [6.07, 6.45) is 0. The second kappa shape index (κ2) is 3.32. The number of para-hydroxylation sites is 1. The van der Waals surface area contributed by atoms with Gasteiger partial charge in [-0.2, -0.15) is 0 Å². The molecule has 2 aliphatic rings. The Morgan fingerprint density at radius 2 is 2.19 bits per heavy atom. The van der Waals surface area contributed by atoms with Gasteiger partial charge in [0, 0.05) is 24.8 Å². The second-order valence-electron chi connectivity index (χ2n) is 4.77. The highest BCUT2D eigenvalue weighted by molar-refractivity contribution is 6.00. The van der Waals surface area contributed by atoms with Crippen molar-refractivity contribution in [1.82, 2.24) is 0 Å². The lowest BCUT2D eigenvalue weighted by molar-refractivity contribution is -0.119. The van der Waals surface area contributed by atoms with Crippen molar-refractivity contribution in [1.29, 1.82) is 0 Å². The lowest BCUT2D eigenvalue weighted by Gasteiger charge is -2.21. The summed E-state index contributed by atoms with van der Waals surface area (Å²) in [7, 11) is 0. The molecule has 0 aromatic heterocycles. The summed E-state index contributed by atoms with van der Waals surface area (Å²) in [6.45, 7) is 2.96. The van der Waals surface area contributed by atoms with Gasteiger partial charge < -0.3 is 10.0 Å². The zero-order valence-electron chi connectivity index (χ0n) is 9.26. The average molecular weight is 217 g/mol. The molecule has 0 radical (unpaired) electrons. The number of aryl methyl sites for hydroxylation is 1. The summed E-state index contributed by atoms with van der Waals surface area (Å²) in [5.41, 5.74) is 2.16. The molecule has 0 bridgehead atoms. The van der Waals surface area contributed by atoms with Gasteiger partial charge in [-0.15, -0.1) is 0 Å². The monoisotopic (exact) mass is 217 g/mol. The lowest BCUT2D eigenvalue weighted by atomic mass is 10.1. The maximum Gasteiger partial charge on any atom is 0.230 e. The van der Waals surface area contributed by atoms with Crippen molar-refractivity contribution in [3.63, 3.8) is 0 Å². The van der Waals surface area contributed by atoms with Crippen LogP contribution in [0.15, 0.2) is 24.3 Å². The molecular weight excluding hydrogens is 202 g/mol. The van der Waals surface area contributed by atoms with Crippen LogP contribution in [0.2, 0.25) is 0 Å². The largest absolute Gasteiger partial charge is 0.396 e. The van der Waals surface area contributed by atoms with Crippen LogP contribution in [0.25, 0.3) is 0 Å². The quantitative estimate of drug-likeness (QED) is 0.808. The van der Waals surface area contributed by atoms with Crippen molar-refractivity contribution in [2.24, 2.45) is 17.8 Å². The molecule has 3 heteroatoms. The number of benzene rings is 1. The number of hydrogen-bond acceptors (Lipinski definition) is 2.